The highest BCUT2D eigenvalue weighted by atomic mass is 19.1. The largest absolute Gasteiger partial charge is 0.506 e. The normalized spacial score (nSPS) is 16.9. The second-order valence-electron chi connectivity index (χ2n) is 5.20. The van der Waals surface area contributed by atoms with Crippen LogP contribution in [0.15, 0.2) is 23.8 Å². The van der Waals surface area contributed by atoms with E-state index in [0.717, 1.165) is 0 Å². The second-order valence-corrected chi connectivity index (χ2v) is 5.20. The molecule has 1 aliphatic rings. The van der Waals surface area contributed by atoms with Crippen LogP contribution in [0.4, 0.5) is 4.39 Å². The molecule has 0 fully saturated rings. The monoisotopic (exact) mass is 277 g/mol. The first-order chi connectivity index (χ1) is 9.32. The van der Waals surface area contributed by atoms with E-state index in [9.17, 15) is 19.1 Å². The molecule has 2 N–H and O–H groups in total. The summed E-state index contributed by atoms with van der Waals surface area (Å²) in [5.74, 6) is -2.26. The van der Waals surface area contributed by atoms with Crippen LogP contribution >= 0.6 is 0 Å². The molecule has 0 unspecified atom stereocenters. The van der Waals surface area contributed by atoms with Crippen LogP contribution in [0, 0.1) is 5.82 Å². The number of carbonyl (C=O) groups is 2. The molecule has 0 bridgehead atoms. The minimum Gasteiger partial charge on any atom is -0.506 e. The predicted molar refractivity (Wildman–Crippen MR) is 72.7 cm³/mol. The van der Waals surface area contributed by atoms with E-state index in [1.54, 1.807) is 20.8 Å². The van der Waals surface area contributed by atoms with Crippen molar-refractivity contribution >= 4 is 17.4 Å². The third-order valence-corrected chi connectivity index (χ3v) is 3.49. The lowest BCUT2D eigenvalue weighted by atomic mass is 9.70. The van der Waals surface area contributed by atoms with Gasteiger partial charge < -0.3 is 10.4 Å². The Balaban J connectivity index is 2.74. The molecule has 1 aliphatic carbocycles. The van der Waals surface area contributed by atoms with Crippen molar-refractivity contribution in [2.75, 3.05) is 6.54 Å². The number of hydrogen-bond donors (Lipinski definition) is 2. The number of halogens is 1. The predicted octanol–water partition coefficient (Wildman–Crippen LogP) is 2.09. The van der Waals surface area contributed by atoms with Gasteiger partial charge in [-0.3, -0.25) is 9.59 Å². The molecular weight excluding hydrogens is 261 g/mol. The molecule has 2 rings (SSSR count). The van der Waals surface area contributed by atoms with E-state index in [1.165, 1.54) is 18.2 Å². The van der Waals surface area contributed by atoms with Crippen molar-refractivity contribution in [3.8, 4) is 0 Å². The highest BCUT2D eigenvalue weighted by molar-refractivity contribution is 6.28. The average Bonchev–Trinajstić information content (AvgIpc) is 2.37. The van der Waals surface area contributed by atoms with E-state index in [-0.39, 0.29) is 16.7 Å². The number of ketones is 1. The van der Waals surface area contributed by atoms with Crippen molar-refractivity contribution < 1.29 is 19.1 Å². The number of aliphatic hydroxyl groups is 1. The highest BCUT2D eigenvalue weighted by Gasteiger charge is 2.44. The number of aliphatic hydroxyl groups excluding tert-OH is 1. The first-order valence-corrected chi connectivity index (χ1v) is 6.38. The van der Waals surface area contributed by atoms with Crippen molar-refractivity contribution in [2.45, 2.75) is 26.2 Å². The minimum absolute atomic E-state index is 0.121. The quantitative estimate of drug-likeness (QED) is 0.813. The summed E-state index contributed by atoms with van der Waals surface area (Å²) in [5, 5.41) is 12.7. The van der Waals surface area contributed by atoms with Gasteiger partial charge in [-0.2, -0.15) is 0 Å². The van der Waals surface area contributed by atoms with E-state index in [2.05, 4.69) is 5.32 Å². The highest BCUT2D eigenvalue weighted by Crippen LogP contribution is 2.40. The Morgan fingerprint density at radius 3 is 2.65 bits per heavy atom. The fourth-order valence-corrected chi connectivity index (χ4v) is 2.48. The number of hydrogen-bond acceptors (Lipinski definition) is 3. The molecule has 4 nitrogen and oxygen atoms in total. The van der Waals surface area contributed by atoms with E-state index in [4.69, 9.17) is 0 Å². The summed E-state index contributed by atoms with van der Waals surface area (Å²) < 4.78 is 14.0. The molecule has 20 heavy (non-hydrogen) atoms. The van der Waals surface area contributed by atoms with Crippen LogP contribution in [0.5, 0.6) is 0 Å². The van der Waals surface area contributed by atoms with Crippen molar-refractivity contribution in [3.05, 3.63) is 40.7 Å². The maximum absolute atomic E-state index is 14.0. The lowest BCUT2D eigenvalue weighted by Gasteiger charge is -2.32. The Kier molecular flexibility index (Phi) is 3.38. The van der Waals surface area contributed by atoms with Crippen molar-refractivity contribution in [1.29, 1.82) is 0 Å². The molecule has 1 aromatic carbocycles. The van der Waals surface area contributed by atoms with Gasteiger partial charge in [0.05, 0.1) is 5.41 Å². The smallest absolute Gasteiger partial charge is 0.258 e. The molecular formula is C15H16FNO3. The molecule has 1 aromatic rings. The van der Waals surface area contributed by atoms with Gasteiger partial charge in [0.1, 0.15) is 17.1 Å². The van der Waals surface area contributed by atoms with Crippen LogP contribution in [0.25, 0.3) is 5.76 Å². The van der Waals surface area contributed by atoms with Gasteiger partial charge >= 0.3 is 0 Å². The first kappa shape index (κ1) is 14.2. The Morgan fingerprint density at radius 1 is 1.40 bits per heavy atom. The molecule has 0 aliphatic heterocycles. The molecule has 0 saturated heterocycles. The number of rotatable bonds is 2. The lowest BCUT2D eigenvalue weighted by Crippen LogP contribution is -2.41. The Hall–Kier alpha value is -2.17. The first-order valence-electron chi connectivity index (χ1n) is 6.38. The number of fused-ring (bicyclic) bond motifs is 1. The van der Waals surface area contributed by atoms with Crippen LogP contribution in [0.2, 0.25) is 0 Å². The van der Waals surface area contributed by atoms with E-state index in [1.807, 2.05) is 0 Å². The molecule has 0 atom stereocenters. The summed E-state index contributed by atoms with van der Waals surface area (Å²) in [6.45, 7) is 5.13. The van der Waals surface area contributed by atoms with E-state index >= 15 is 0 Å². The number of benzene rings is 1. The summed E-state index contributed by atoms with van der Waals surface area (Å²) in [4.78, 5) is 24.4. The maximum Gasteiger partial charge on any atom is 0.258 e. The van der Waals surface area contributed by atoms with Crippen LogP contribution in [-0.4, -0.2) is 23.3 Å². The molecule has 106 valence electrons. The molecule has 0 spiro atoms. The lowest BCUT2D eigenvalue weighted by molar-refractivity contribution is -0.125. The van der Waals surface area contributed by atoms with E-state index < -0.39 is 28.7 Å². The van der Waals surface area contributed by atoms with Gasteiger partial charge in [-0.1, -0.05) is 12.1 Å². The number of likely N-dealkylation sites (N-methyl/N-ethyl adjacent to an activating group) is 1. The summed E-state index contributed by atoms with van der Waals surface area (Å²) in [6, 6.07) is 4.17. The van der Waals surface area contributed by atoms with Gasteiger partial charge in [0, 0.05) is 17.7 Å². The molecule has 0 saturated carbocycles. The minimum atomic E-state index is -1.20. The van der Waals surface area contributed by atoms with Gasteiger partial charge in [-0.05, 0) is 26.8 Å². The molecule has 0 radical (unpaired) electrons. The fraction of sp³-hybridized carbons (Fsp3) is 0.333. The number of amides is 1. The third-order valence-electron chi connectivity index (χ3n) is 3.49. The molecule has 1 amide bonds. The summed E-state index contributed by atoms with van der Waals surface area (Å²) >= 11 is 0. The third kappa shape index (κ3) is 1.90. The Morgan fingerprint density at radius 2 is 2.05 bits per heavy atom. The van der Waals surface area contributed by atoms with Gasteiger partial charge in [0.15, 0.2) is 5.78 Å². The SMILES string of the molecule is CCNC(=O)C1=C(O)c2cccc(F)c2C(C)(C)C1=O. The average molecular weight is 277 g/mol. The number of Topliss-reactive ketones (excluding diaryl/α,β-unsaturated/α-hetero) is 1. The van der Waals surface area contributed by atoms with Crippen LogP contribution < -0.4 is 5.32 Å². The zero-order valence-corrected chi connectivity index (χ0v) is 11.6. The summed E-state index contributed by atoms with van der Waals surface area (Å²) in [5.41, 5.74) is -1.20. The van der Waals surface area contributed by atoms with E-state index in [0.29, 0.717) is 6.54 Å². The molecule has 0 heterocycles. The number of nitrogens with one attached hydrogen (secondary N) is 1. The Bertz CT molecular complexity index is 632. The maximum atomic E-state index is 14.0. The Labute approximate surface area is 116 Å². The van der Waals surface area contributed by atoms with Crippen LogP contribution in [0.1, 0.15) is 31.9 Å². The second kappa shape index (κ2) is 4.74. The summed E-state index contributed by atoms with van der Waals surface area (Å²) in [6.07, 6.45) is 0. The standard InChI is InChI=1S/C15H16FNO3/c1-4-17-14(20)10-12(18)8-6-5-7-9(16)11(8)15(2,3)13(10)19/h5-7,18H,4H2,1-3H3,(H,17,20). The van der Waals surface area contributed by atoms with Gasteiger partial charge in [0.25, 0.3) is 5.91 Å². The van der Waals surface area contributed by atoms with Gasteiger partial charge in [0.2, 0.25) is 0 Å². The van der Waals surface area contributed by atoms with Gasteiger partial charge in [-0.15, -0.1) is 0 Å². The fourth-order valence-electron chi connectivity index (χ4n) is 2.48. The van der Waals surface area contributed by atoms with Crippen molar-refractivity contribution in [1.82, 2.24) is 5.32 Å². The van der Waals surface area contributed by atoms with Crippen LogP contribution in [0.3, 0.4) is 0 Å². The van der Waals surface area contributed by atoms with Gasteiger partial charge in [-0.25, -0.2) is 4.39 Å². The van der Waals surface area contributed by atoms with Crippen molar-refractivity contribution in [3.63, 3.8) is 0 Å². The van der Waals surface area contributed by atoms with Crippen molar-refractivity contribution in [2.24, 2.45) is 0 Å². The van der Waals surface area contributed by atoms with Crippen LogP contribution in [-0.2, 0) is 15.0 Å². The topological polar surface area (TPSA) is 66.4 Å². The zero-order valence-electron chi connectivity index (χ0n) is 11.6. The molecule has 0 aromatic heterocycles. The summed E-state index contributed by atoms with van der Waals surface area (Å²) in [7, 11) is 0. The molecule has 5 heteroatoms. The zero-order chi connectivity index (χ0) is 15.1. The number of carbonyl (C=O) groups excluding carboxylic acids is 2.